The van der Waals surface area contributed by atoms with E-state index in [1.54, 1.807) is 0 Å². The first kappa shape index (κ1) is 22.8. The Morgan fingerprint density at radius 3 is 2.46 bits per heavy atom. The van der Waals surface area contributed by atoms with Gasteiger partial charge in [0.2, 0.25) is 11.8 Å². The van der Waals surface area contributed by atoms with Gasteiger partial charge in [0.25, 0.3) is 0 Å². The van der Waals surface area contributed by atoms with Gasteiger partial charge < -0.3 is 30.6 Å². The van der Waals surface area contributed by atoms with Crippen molar-refractivity contribution < 1.29 is 23.8 Å². The summed E-state index contributed by atoms with van der Waals surface area (Å²) in [5, 5.41) is 5.66. The number of amides is 2. The van der Waals surface area contributed by atoms with Crippen molar-refractivity contribution in [3.8, 4) is 0 Å². The zero-order valence-corrected chi connectivity index (χ0v) is 16.8. The van der Waals surface area contributed by atoms with Gasteiger partial charge in [-0.2, -0.15) is 0 Å². The summed E-state index contributed by atoms with van der Waals surface area (Å²) in [7, 11) is 1.54. The number of nitrogens with two attached hydrogens (primary N) is 1. The topological polar surface area (TPSA) is 112 Å². The fraction of sp³-hybridized carbons (Fsp3) is 0.889. The molecule has 0 radical (unpaired) electrons. The number of methoxy groups -OCH3 is 1. The molecule has 1 heterocycles. The molecule has 0 bridgehead atoms. The van der Waals surface area contributed by atoms with E-state index >= 15 is 0 Å². The number of carbonyl (C=O) groups excluding carboxylic acids is 2. The van der Waals surface area contributed by atoms with Crippen molar-refractivity contribution in [3.63, 3.8) is 0 Å². The van der Waals surface area contributed by atoms with Crippen LogP contribution < -0.4 is 16.4 Å². The van der Waals surface area contributed by atoms with Crippen LogP contribution in [0, 0.1) is 5.92 Å². The number of rotatable bonds is 9. The third-order valence-electron chi connectivity index (χ3n) is 3.97. The highest BCUT2D eigenvalue weighted by Crippen LogP contribution is 2.15. The monoisotopic (exact) mass is 373 g/mol. The van der Waals surface area contributed by atoms with Crippen molar-refractivity contribution in [2.75, 3.05) is 20.3 Å². The normalized spacial score (nSPS) is 22.9. The maximum Gasteiger partial charge on any atom is 0.242 e. The fourth-order valence-corrected chi connectivity index (χ4v) is 2.62. The smallest absolute Gasteiger partial charge is 0.242 e. The van der Waals surface area contributed by atoms with E-state index < -0.39 is 24.3 Å². The molecule has 1 rings (SSSR count). The quantitative estimate of drug-likeness (QED) is 0.544. The molecule has 0 aromatic carbocycles. The second kappa shape index (κ2) is 10.2. The van der Waals surface area contributed by atoms with E-state index in [0.717, 1.165) is 0 Å². The molecule has 4 atom stereocenters. The Hall–Kier alpha value is -1.22. The van der Waals surface area contributed by atoms with Crippen molar-refractivity contribution in [2.45, 2.75) is 77.5 Å². The fourth-order valence-electron chi connectivity index (χ4n) is 2.62. The van der Waals surface area contributed by atoms with Gasteiger partial charge in [-0.25, -0.2) is 0 Å². The van der Waals surface area contributed by atoms with Crippen LogP contribution in [0.2, 0.25) is 0 Å². The number of nitrogens with one attached hydrogen (secondary N) is 2. The predicted octanol–water partition coefficient (Wildman–Crippen LogP) is 0.537. The first-order valence-electron chi connectivity index (χ1n) is 9.18. The zero-order chi connectivity index (χ0) is 19.9. The lowest BCUT2D eigenvalue weighted by Gasteiger charge is -2.26. The first-order valence-corrected chi connectivity index (χ1v) is 9.18. The largest absolute Gasteiger partial charge is 0.374 e. The van der Waals surface area contributed by atoms with E-state index in [4.69, 9.17) is 19.9 Å². The standard InChI is InChI=1S/C18H35N3O5/c1-11(2)9-14(16(23)20-13-7-8-25-17(13)24-6)21-15(22)12(19)10-26-18(3,4)5/h11-14,17H,7-10,19H2,1-6H3,(H,20,23)(H,21,22)/t12-,13-,14-,17?/m0/s1. The Labute approximate surface area is 156 Å². The van der Waals surface area contributed by atoms with Crippen LogP contribution in [0.1, 0.15) is 47.5 Å². The molecule has 1 unspecified atom stereocenters. The van der Waals surface area contributed by atoms with Gasteiger partial charge in [0.1, 0.15) is 12.1 Å². The van der Waals surface area contributed by atoms with Crippen molar-refractivity contribution in [1.82, 2.24) is 10.6 Å². The van der Waals surface area contributed by atoms with Crippen LogP contribution in [0.15, 0.2) is 0 Å². The van der Waals surface area contributed by atoms with Crippen LogP contribution in [0.5, 0.6) is 0 Å². The molecule has 1 saturated heterocycles. The molecule has 4 N–H and O–H groups in total. The Kier molecular flexibility index (Phi) is 8.95. The van der Waals surface area contributed by atoms with Crippen molar-refractivity contribution in [1.29, 1.82) is 0 Å². The average Bonchev–Trinajstić information content (AvgIpc) is 2.97. The summed E-state index contributed by atoms with van der Waals surface area (Å²) in [4.78, 5) is 25.0. The maximum atomic E-state index is 12.7. The molecule has 0 saturated carbocycles. The molecule has 152 valence electrons. The first-order chi connectivity index (χ1) is 12.0. The summed E-state index contributed by atoms with van der Waals surface area (Å²) in [6.07, 6.45) is 0.720. The SMILES string of the molecule is COC1OCC[C@@H]1NC(=O)[C@H](CC(C)C)NC(=O)[C@@H](N)COC(C)(C)C. The predicted molar refractivity (Wildman–Crippen MR) is 98.4 cm³/mol. The second-order valence-corrected chi connectivity index (χ2v) is 8.10. The minimum absolute atomic E-state index is 0.0908. The molecule has 0 aromatic rings. The highest BCUT2D eigenvalue weighted by molar-refractivity contribution is 5.89. The van der Waals surface area contributed by atoms with Crippen LogP contribution in [0.25, 0.3) is 0 Å². The van der Waals surface area contributed by atoms with Gasteiger partial charge in [0.05, 0.1) is 24.9 Å². The molecule has 2 amide bonds. The number of hydrogen-bond acceptors (Lipinski definition) is 6. The van der Waals surface area contributed by atoms with E-state index in [9.17, 15) is 9.59 Å². The Balaban J connectivity index is 2.64. The molecule has 1 fully saturated rings. The molecule has 26 heavy (non-hydrogen) atoms. The Bertz CT molecular complexity index is 464. The van der Waals surface area contributed by atoms with Crippen LogP contribution >= 0.6 is 0 Å². The number of ether oxygens (including phenoxy) is 3. The molecule has 8 heteroatoms. The molecule has 8 nitrogen and oxygen atoms in total. The molecular weight excluding hydrogens is 338 g/mol. The summed E-state index contributed by atoms with van der Waals surface area (Å²) < 4.78 is 16.2. The maximum absolute atomic E-state index is 12.7. The van der Waals surface area contributed by atoms with E-state index in [0.29, 0.717) is 19.4 Å². The summed E-state index contributed by atoms with van der Waals surface area (Å²) in [6, 6.07) is -1.73. The summed E-state index contributed by atoms with van der Waals surface area (Å²) in [6.45, 7) is 10.3. The minimum Gasteiger partial charge on any atom is -0.374 e. The van der Waals surface area contributed by atoms with Crippen LogP contribution in [-0.2, 0) is 23.8 Å². The van der Waals surface area contributed by atoms with Gasteiger partial charge in [-0.1, -0.05) is 13.8 Å². The Morgan fingerprint density at radius 1 is 1.27 bits per heavy atom. The molecule has 0 aliphatic carbocycles. The minimum atomic E-state index is -0.835. The average molecular weight is 373 g/mol. The van der Waals surface area contributed by atoms with Gasteiger partial charge in [0.15, 0.2) is 6.29 Å². The summed E-state index contributed by atoms with van der Waals surface area (Å²) >= 11 is 0. The van der Waals surface area contributed by atoms with Crippen LogP contribution in [0.4, 0.5) is 0 Å². The second-order valence-electron chi connectivity index (χ2n) is 8.10. The highest BCUT2D eigenvalue weighted by atomic mass is 16.7. The van der Waals surface area contributed by atoms with Crippen molar-refractivity contribution in [3.05, 3.63) is 0 Å². The van der Waals surface area contributed by atoms with Gasteiger partial charge in [0, 0.05) is 7.11 Å². The number of carbonyl (C=O) groups is 2. The van der Waals surface area contributed by atoms with E-state index in [-0.39, 0.29) is 30.1 Å². The zero-order valence-electron chi connectivity index (χ0n) is 16.8. The lowest BCUT2D eigenvalue weighted by atomic mass is 10.0. The van der Waals surface area contributed by atoms with E-state index in [2.05, 4.69) is 10.6 Å². The summed E-state index contributed by atoms with van der Waals surface area (Å²) in [5.41, 5.74) is 5.52. The number of hydrogen-bond donors (Lipinski definition) is 3. The van der Waals surface area contributed by atoms with Gasteiger partial charge in [-0.05, 0) is 39.5 Å². The molecule has 1 aliphatic rings. The third-order valence-corrected chi connectivity index (χ3v) is 3.97. The lowest BCUT2D eigenvalue weighted by molar-refractivity contribution is -0.134. The van der Waals surface area contributed by atoms with Gasteiger partial charge >= 0.3 is 0 Å². The third kappa shape index (κ3) is 7.99. The molecule has 0 aromatic heterocycles. The van der Waals surface area contributed by atoms with E-state index in [1.165, 1.54) is 7.11 Å². The Morgan fingerprint density at radius 2 is 1.92 bits per heavy atom. The van der Waals surface area contributed by atoms with Gasteiger partial charge in [-0.3, -0.25) is 9.59 Å². The molecule has 1 aliphatic heterocycles. The summed E-state index contributed by atoms with van der Waals surface area (Å²) in [5.74, 6) is -0.430. The van der Waals surface area contributed by atoms with Crippen LogP contribution in [0.3, 0.4) is 0 Å². The molecule has 0 spiro atoms. The van der Waals surface area contributed by atoms with Crippen molar-refractivity contribution in [2.24, 2.45) is 11.7 Å². The van der Waals surface area contributed by atoms with Gasteiger partial charge in [-0.15, -0.1) is 0 Å². The molecular formula is C18H35N3O5. The van der Waals surface area contributed by atoms with Crippen LogP contribution in [-0.4, -0.2) is 62.2 Å². The lowest BCUT2D eigenvalue weighted by Crippen LogP contribution is -2.55. The highest BCUT2D eigenvalue weighted by Gasteiger charge is 2.33. The van der Waals surface area contributed by atoms with Crippen molar-refractivity contribution >= 4 is 11.8 Å². The van der Waals surface area contributed by atoms with E-state index in [1.807, 2.05) is 34.6 Å².